The number of halogens is 4. The molecule has 0 aromatic heterocycles. The van der Waals surface area contributed by atoms with Crippen molar-refractivity contribution in [3.63, 3.8) is 0 Å². The van der Waals surface area contributed by atoms with Crippen LogP contribution in [0.3, 0.4) is 0 Å². The number of carbonyl (C=O) groups excluding carboxylic acids is 1. The van der Waals surface area contributed by atoms with E-state index in [-0.39, 0.29) is 29.5 Å². The first-order valence-corrected chi connectivity index (χ1v) is 6.46. The van der Waals surface area contributed by atoms with Crippen molar-refractivity contribution in [3.05, 3.63) is 33.8 Å². The van der Waals surface area contributed by atoms with Crippen LogP contribution in [0.25, 0.3) is 0 Å². The molecule has 106 valence electrons. The third-order valence-electron chi connectivity index (χ3n) is 2.96. The summed E-state index contributed by atoms with van der Waals surface area (Å²) in [5.41, 5.74) is 5.23. The zero-order valence-electron chi connectivity index (χ0n) is 9.96. The lowest BCUT2D eigenvalue weighted by atomic mass is 10.1. The fourth-order valence-electron chi connectivity index (χ4n) is 1.75. The van der Waals surface area contributed by atoms with E-state index in [0.717, 1.165) is 25.0 Å². The molecule has 2 rings (SSSR count). The number of hydrogen-bond donors (Lipinski definition) is 2. The molecule has 1 fully saturated rings. The van der Waals surface area contributed by atoms with Gasteiger partial charge in [-0.15, -0.1) is 12.4 Å². The molecule has 3 nitrogen and oxygen atoms in total. The van der Waals surface area contributed by atoms with Gasteiger partial charge in [0.15, 0.2) is 0 Å². The number of nitrogens with two attached hydrogens (primary N) is 1. The molecular weight excluding hydrogens is 341 g/mol. The maximum atomic E-state index is 13.5. The van der Waals surface area contributed by atoms with Crippen LogP contribution in [0.1, 0.15) is 23.2 Å². The average molecular weight is 356 g/mol. The van der Waals surface area contributed by atoms with E-state index in [1.807, 2.05) is 0 Å². The second-order valence-electron chi connectivity index (χ2n) is 4.46. The summed E-state index contributed by atoms with van der Waals surface area (Å²) in [4.78, 5) is 11.7. The molecule has 1 unspecified atom stereocenters. The first-order valence-electron chi connectivity index (χ1n) is 5.67. The smallest absolute Gasteiger partial charge is 0.257 e. The average Bonchev–Trinajstić information content (AvgIpc) is 3.07. The van der Waals surface area contributed by atoms with Gasteiger partial charge in [-0.3, -0.25) is 4.79 Å². The number of hydrogen-bond acceptors (Lipinski definition) is 2. The first kappa shape index (κ1) is 16.3. The minimum absolute atomic E-state index is 0. The van der Waals surface area contributed by atoms with Gasteiger partial charge in [-0.1, -0.05) is 15.9 Å². The van der Waals surface area contributed by atoms with E-state index in [2.05, 4.69) is 21.2 Å². The van der Waals surface area contributed by atoms with Crippen LogP contribution in [0.2, 0.25) is 0 Å². The van der Waals surface area contributed by atoms with Crippen LogP contribution >= 0.6 is 28.3 Å². The van der Waals surface area contributed by atoms with Gasteiger partial charge in [0.25, 0.3) is 5.91 Å². The van der Waals surface area contributed by atoms with Crippen molar-refractivity contribution < 1.29 is 13.6 Å². The third kappa shape index (κ3) is 4.12. The third-order valence-corrected chi connectivity index (χ3v) is 3.42. The zero-order valence-corrected chi connectivity index (χ0v) is 12.4. The SMILES string of the molecule is Cl.NC(CNC(=O)c1c(F)cc(Br)cc1F)C1CC1. The molecular formula is C12H14BrClF2N2O. The number of amides is 1. The molecule has 0 aliphatic heterocycles. The van der Waals surface area contributed by atoms with Crippen molar-refractivity contribution >= 4 is 34.2 Å². The Morgan fingerprint density at radius 2 is 1.95 bits per heavy atom. The Bertz CT molecular complexity index is 460. The lowest BCUT2D eigenvalue weighted by Crippen LogP contribution is -2.39. The molecule has 0 radical (unpaired) electrons. The quantitative estimate of drug-likeness (QED) is 0.872. The molecule has 1 aliphatic carbocycles. The summed E-state index contributed by atoms with van der Waals surface area (Å²) in [5, 5.41) is 2.46. The van der Waals surface area contributed by atoms with Crippen molar-refractivity contribution in [1.29, 1.82) is 0 Å². The minimum atomic E-state index is -0.889. The Labute approximate surface area is 124 Å². The van der Waals surface area contributed by atoms with Gasteiger partial charge >= 0.3 is 0 Å². The molecule has 0 bridgehead atoms. The van der Waals surface area contributed by atoms with E-state index in [0.29, 0.717) is 5.92 Å². The van der Waals surface area contributed by atoms with Crippen LogP contribution < -0.4 is 11.1 Å². The summed E-state index contributed by atoms with van der Waals surface area (Å²) in [6.07, 6.45) is 2.11. The van der Waals surface area contributed by atoms with Gasteiger partial charge in [-0.2, -0.15) is 0 Å². The van der Waals surface area contributed by atoms with E-state index < -0.39 is 23.1 Å². The van der Waals surface area contributed by atoms with Crippen LogP contribution in [0.15, 0.2) is 16.6 Å². The van der Waals surface area contributed by atoms with E-state index in [1.54, 1.807) is 0 Å². The molecule has 1 aromatic carbocycles. The van der Waals surface area contributed by atoms with Crippen LogP contribution in [0.4, 0.5) is 8.78 Å². The fraction of sp³-hybridized carbons (Fsp3) is 0.417. The minimum Gasteiger partial charge on any atom is -0.350 e. The molecule has 1 aliphatic rings. The predicted molar refractivity (Wildman–Crippen MR) is 74.3 cm³/mol. The van der Waals surface area contributed by atoms with Gasteiger partial charge < -0.3 is 11.1 Å². The van der Waals surface area contributed by atoms with Gasteiger partial charge in [0.05, 0.1) is 0 Å². The molecule has 1 saturated carbocycles. The van der Waals surface area contributed by atoms with Gasteiger partial charge in [0.2, 0.25) is 0 Å². The maximum Gasteiger partial charge on any atom is 0.257 e. The molecule has 0 spiro atoms. The fourth-order valence-corrected chi connectivity index (χ4v) is 2.15. The summed E-state index contributed by atoms with van der Waals surface area (Å²) in [7, 11) is 0. The summed E-state index contributed by atoms with van der Waals surface area (Å²) in [6, 6.07) is 1.97. The Morgan fingerprint density at radius 1 is 1.42 bits per heavy atom. The predicted octanol–water partition coefficient (Wildman–Crippen LogP) is 2.62. The highest BCUT2D eigenvalue weighted by Gasteiger charge is 2.29. The summed E-state index contributed by atoms with van der Waals surface area (Å²) in [6.45, 7) is 0.235. The van der Waals surface area contributed by atoms with Crippen LogP contribution in [0, 0.1) is 17.6 Å². The highest BCUT2D eigenvalue weighted by molar-refractivity contribution is 9.10. The molecule has 19 heavy (non-hydrogen) atoms. The van der Waals surface area contributed by atoms with E-state index in [4.69, 9.17) is 5.73 Å². The molecule has 1 atom stereocenters. The Kier molecular flexibility index (Phi) is 5.70. The molecule has 3 N–H and O–H groups in total. The largest absolute Gasteiger partial charge is 0.350 e. The second-order valence-corrected chi connectivity index (χ2v) is 5.37. The van der Waals surface area contributed by atoms with Crippen molar-refractivity contribution in [3.8, 4) is 0 Å². The van der Waals surface area contributed by atoms with E-state index in [1.165, 1.54) is 0 Å². The topological polar surface area (TPSA) is 55.1 Å². The summed E-state index contributed by atoms with van der Waals surface area (Å²) < 4.78 is 27.2. The zero-order chi connectivity index (χ0) is 13.3. The first-order chi connectivity index (χ1) is 8.49. The maximum absolute atomic E-state index is 13.5. The highest BCUT2D eigenvalue weighted by Crippen LogP contribution is 2.31. The van der Waals surface area contributed by atoms with E-state index in [9.17, 15) is 13.6 Å². The highest BCUT2D eigenvalue weighted by atomic mass is 79.9. The van der Waals surface area contributed by atoms with Gasteiger partial charge in [-0.25, -0.2) is 8.78 Å². The summed E-state index contributed by atoms with van der Waals surface area (Å²) >= 11 is 2.95. The van der Waals surface area contributed by atoms with Crippen molar-refractivity contribution in [1.82, 2.24) is 5.32 Å². The number of rotatable bonds is 4. The Morgan fingerprint density at radius 3 is 2.42 bits per heavy atom. The van der Waals surface area contributed by atoms with Gasteiger partial charge in [0.1, 0.15) is 17.2 Å². The van der Waals surface area contributed by atoms with Crippen LogP contribution in [-0.2, 0) is 0 Å². The van der Waals surface area contributed by atoms with Crippen LogP contribution in [-0.4, -0.2) is 18.5 Å². The van der Waals surface area contributed by atoms with E-state index >= 15 is 0 Å². The molecule has 1 aromatic rings. The van der Waals surface area contributed by atoms with Gasteiger partial charge in [-0.05, 0) is 30.9 Å². The Balaban J connectivity index is 0.00000180. The van der Waals surface area contributed by atoms with Crippen molar-refractivity contribution in [2.24, 2.45) is 11.7 Å². The lowest BCUT2D eigenvalue weighted by Gasteiger charge is -2.12. The van der Waals surface area contributed by atoms with Crippen LogP contribution in [0.5, 0.6) is 0 Å². The molecule has 0 heterocycles. The molecule has 0 saturated heterocycles. The number of nitrogens with one attached hydrogen (secondary N) is 1. The second kappa shape index (κ2) is 6.63. The van der Waals surface area contributed by atoms with Crippen molar-refractivity contribution in [2.45, 2.75) is 18.9 Å². The molecule has 7 heteroatoms. The molecule has 1 amide bonds. The van der Waals surface area contributed by atoms with Crippen molar-refractivity contribution in [2.75, 3.05) is 6.54 Å². The summed E-state index contributed by atoms with van der Waals surface area (Å²) in [5.74, 6) is -2.13. The van der Waals surface area contributed by atoms with Gasteiger partial charge in [0, 0.05) is 17.1 Å². The standard InChI is InChI=1S/C12H13BrF2N2O.ClH/c13-7-3-8(14)11(9(15)4-7)12(18)17-5-10(16)6-1-2-6;/h3-4,6,10H,1-2,5,16H2,(H,17,18);1H. The normalized spacial score (nSPS) is 15.6. The number of benzene rings is 1. The monoisotopic (exact) mass is 354 g/mol. The lowest BCUT2D eigenvalue weighted by molar-refractivity contribution is 0.0942. The number of carbonyl (C=O) groups is 1. The Hall–Kier alpha value is -0.720.